The van der Waals surface area contributed by atoms with E-state index < -0.39 is 24.0 Å². The molecule has 0 aliphatic heterocycles. The Morgan fingerprint density at radius 3 is 2.63 bits per heavy atom. The van der Waals surface area contributed by atoms with Gasteiger partial charge in [-0.2, -0.15) is 0 Å². The van der Waals surface area contributed by atoms with Crippen LogP contribution < -0.4 is 5.32 Å². The molecule has 1 atom stereocenters. The van der Waals surface area contributed by atoms with Gasteiger partial charge in [0.2, 0.25) is 0 Å². The van der Waals surface area contributed by atoms with Crippen molar-refractivity contribution in [1.29, 1.82) is 0 Å². The van der Waals surface area contributed by atoms with E-state index in [1.807, 2.05) is 6.92 Å². The summed E-state index contributed by atoms with van der Waals surface area (Å²) in [6, 6.07) is 2.95. The van der Waals surface area contributed by atoms with Crippen LogP contribution in [0.2, 0.25) is 5.15 Å². The fourth-order valence-electron chi connectivity index (χ4n) is 1.29. The molecule has 1 heterocycles. The zero-order valence-corrected chi connectivity index (χ0v) is 11.4. The first-order valence-corrected chi connectivity index (χ1v) is 6.04. The summed E-state index contributed by atoms with van der Waals surface area (Å²) in [4.78, 5) is 26.5. The molecule has 0 spiro atoms. The number of pyridine rings is 1. The summed E-state index contributed by atoms with van der Waals surface area (Å²) in [7, 11) is 0. The fourth-order valence-corrected chi connectivity index (χ4v) is 1.52. The number of rotatable bonds is 5. The van der Waals surface area contributed by atoms with Gasteiger partial charge in [0.1, 0.15) is 5.15 Å². The SMILES string of the molecule is CCc1cc(C(=O)NCC(C)(O)C(=O)O)cc(Cl)n1. The van der Waals surface area contributed by atoms with Gasteiger partial charge in [-0.25, -0.2) is 9.78 Å². The highest BCUT2D eigenvalue weighted by molar-refractivity contribution is 6.29. The van der Waals surface area contributed by atoms with Crippen molar-refractivity contribution < 1.29 is 19.8 Å². The van der Waals surface area contributed by atoms with Crippen LogP contribution in [0.1, 0.15) is 29.9 Å². The minimum atomic E-state index is -2.01. The van der Waals surface area contributed by atoms with E-state index in [0.29, 0.717) is 12.1 Å². The van der Waals surface area contributed by atoms with Gasteiger partial charge in [0.15, 0.2) is 5.60 Å². The third kappa shape index (κ3) is 4.18. The molecule has 0 aliphatic carbocycles. The van der Waals surface area contributed by atoms with Crippen LogP contribution in [0.15, 0.2) is 12.1 Å². The summed E-state index contributed by atoms with van der Waals surface area (Å²) in [6.07, 6.45) is 0.619. The largest absolute Gasteiger partial charge is 0.479 e. The maximum atomic E-state index is 11.8. The Bertz CT molecular complexity index is 503. The number of hydrogen-bond acceptors (Lipinski definition) is 4. The topological polar surface area (TPSA) is 99.5 Å². The summed E-state index contributed by atoms with van der Waals surface area (Å²) in [5.41, 5.74) is -1.08. The number of carboxylic acids is 1. The molecule has 6 nitrogen and oxygen atoms in total. The number of aromatic nitrogens is 1. The van der Waals surface area contributed by atoms with Crippen molar-refractivity contribution in [3.63, 3.8) is 0 Å². The van der Waals surface area contributed by atoms with Crippen LogP contribution in [0, 0.1) is 0 Å². The van der Waals surface area contributed by atoms with E-state index in [4.69, 9.17) is 16.7 Å². The van der Waals surface area contributed by atoms with E-state index in [0.717, 1.165) is 6.92 Å². The van der Waals surface area contributed by atoms with Gasteiger partial charge < -0.3 is 15.5 Å². The maximum absolute atomic E-state index is 11.8. The van der Waals surface area contributed by atoms with Gasteiger partial charge in [-0.1, -0.05) is 18.5 Å². The maximum Gasteiger partial charge on any atom is 0.337 e. The summed E-state index contributed by atoms with van der Waals surface area (Å²) in [6.45, 7) is 2.57. The van der Waals surface area contributed by atoms with E-state index in [1.165, 1.54) is 6.07 Å². The van der Waals surface area contributed by atoms with Crippen LogP contribution in [-0.2, 0) is 11.2 Å². The van der Waals surface area contributed by atoms with E-state index >= 15 is 0 Å². The number of amides is 1. The van der Waals surface area contributed by atoms with Crippen LogP contribution in [0.4, 0.5) is 0 Å². The Morgan fingerprint density at radius 1 is 1.47 bits per heavy atom. The summed E-state index contributed by atoms with van der Waals surface area (Å²) < 4.78 is 0. The first kappa shape index (κ1) is 15.4. The highest BCUT2D eigenvalue weighted by Gasteiger charge is 2.30. The number of aryl methyl sites for hydroxylation is 1. The third-order valence-corrected chi connectivity index (χ3v) is 2.72. The van der Waals surface area contributed by atoms with Crippen molar-refractivity contribution in [2.75, 3.05) is 6.54 Å². The lowest BCUT2D eigenvalue weighted by atomic mass is 10.1. The number of nitrogens with zero attached hydrogens (tertiary/aromatic N) is 1. The molecule has 0 aliphatic rings. The molecule has 1 unspecified atom stereocenters. The number of carbonyl (C=O) groups excluding carboxylic acids is 1. The van der Waals surface area contributed by atoms with Crippen LogP contribution in [0.25, 0.3) is 0 Å². The Balaban J connectivity index is 2.79. The normalized spacial score (nSPS) is 13.7. The average Bonchev–Trinajstić information content (AvgIpc) is 2.34. The van der Waals surface area contributed by atoms with E-state index in [-0.39, 0.29) is 10.7 Å². The highest BCUT2D eigenvalue weighted by Crippen LogP contribution is 2.12. The monoisotopic (exact) mass is 286 g/mol. The lowest BCUT2D eigenvalue weighted by molar-refractivity contribution is -0.155. The van der Waals surface area contributed by atoms with Gasteiger partial charge in [-0.3, -0.25) is 4.79 Å². The molecule has 1 aromatic rings. The molecule has 0 bridgehead atoms. The molecule has 1 aromatic heterocycles. The Labute approximate surface area is 115 Å². The number of hydrogen-bond donors (Lipinski definition) is 3. The van der Waals surface area contributed by atoms with Crippen molar-refractivity contribution >= 4 is 23.5 Å². The molecule has 7 heteroatoms. The number of nitrogens with one attached hydrogen (secondary N) is 1. The zero-order chi connectivity index (χ0) is 14.6. The molecular weight excluding hydrogens is 272 g/mol. The van der Waals surface area contributed by atoms with Crippen LogP contribution in [0.5, 0.6) is 0 Å². The first-order chi connectivity index (χ1) is 8.76. The third-order valence-electron chi connectivity index (χ3n) is 2.53. The Morgan fingerprint density at radius 2 is 2.11 bits per heavy atom. The molecule has 104 valence electrons. The van der Waals surface area contributed by atoms with Gasteiger partial charge in [-0.05, 0) is 25.5 Å². The Hall–Kier alpha value is -1.66. The lowest BCUT2D eigenvalue weighted by Crippen LogP contribution is -2.46. The van der Waals surface area contributed by atoms with Gasteiger partial charge >= 0.3 is 5.97 Å². The number of carboxylic acid groups (broad SMARTS) is 1. The van der Waals surface area contributed by atoms with Gasteiger partial charge in [0.25, 0.3) is 5.91 Å². The van der Waals surface area contributed by atoms with Gasteiger partial charge in [-0.15, -0.1) is 0 Å². The molecule has 0 saturated heterocycles. The average molecular weight is 287 g/mol. The van der Waals surface area contributed by atoms with Crippen molar-refractivity contribution in [2.24, 2.45) is 0 Å². The molecule has 3 N–H and O–H groups in total. The highest BCUT2D eigenvalue weighted by atomic mass is 35.5. The molecule has 1 amide bonds. The lowest BCUT2D eigenvalue weighted by Gasteiger charge is -2.18. The molecular formula is C12H15ClN2O4. The predicted octanol–water partition coefficient (Wildman–Crippen LogP) is 0.863. The number of aliphatic carboxylic acids is 1. The minimum absolute atomic E-state index is 0.189. The predicted molar refractivity (Wildman–Crippen MR) is 69.2 cm³/mol. The first-order valence-electron chi connectivity index (χ1n) is 5.66. The minimum Gasteiger partial charge on any atom is -0.479 e. The molecule has 0 aromatic carbocycles. The molecule has 0 radical (unpaired) electrons. The number of aliphatic hydroxyl groups is 1. The second-order valence-electron chi connectivity index (χ2n) is 4.29. The van der Waals surface area contributed by atoms with E-state index in [2.05, 4.69) is 10.3 Å². The van der Waals surface area contributed by atoms with Crippen molar-refractivity contribution in [3.05, 3.63) is 28.5 Å². The second kappa shape index (κ2) is 5.99. The molecule has 0 saturated carbocycles. The second-order valence-corrected chi connectivity index (χ2v) is 4.67. The number of carbonyl (C=O) groups is 2. The van der Waals surface area contributed by atoms with Crippen LogP contribution >= 0.6 is 11.6 Å². The van der Waals surface area contributed by atoms with Gasteiger partial charge in [0, 0.05) is 11.3 Å². The van der Waals surface area contributed by atoms with Crippen molar-refractivity contribution in [3.8, 4) is 0 Å². The quantitative estimate of drug-likeness (QED) is 0.697. The standard InChI is InChI=1S/C12H15ClN2O4/c1-3-8-4-7(5-9(13)15-8)10(16)14-6-12(2,19)11(17)18/h4-5,19H,3,6H2,1-2H3,(H,14,16)(H,17,18). The fraction of sp³-hybridized carbons (Fsp3) is 0.417. The van der Waals surface area contributed by atoms with Crippen molar-refractivity contribution in [1.82, 2.24) is 10.3 Å². The Kier molecular flexibility index (Phi) is 4.85. The summed E-state index contributed by atoms with van der Waals surface area (Å²) in [5.74, 6) is -1.92. The van der Waals surface area contributed by atoms with Gasteiger partial charge in [0.05, 0.1) is 6.54 Å². The number of halogens is 1. The molecule has 1 rings (SSSR count). The van der Waals surface area contributed by atoms with Crippen LogP contribution in [0.3, 0.4) is 0 Å². The van der Waals surface area contributed by atoms with E-state index in [9.17, 15) is 14.7 Å². The molecule has 0 fully saturated rings. The smallest absolute Gasteiger partial charge is 0.337 e. The zero-order valence-electron chi connectivity index (χ0n) is 10.6. The van der Waals surface area contributed by atoms with E-state index in [1.54, 1.807) is 6.07 Å². The summed E-state index contributed by atoms with van der Waals surface area (Å²) in [5, 5.41) is 20.7. The molecule has 19 heavy (non-hydrogen) atoms. The van der Waals surface area contributed by atoms with Crippen molar-refractivity contribution in [2.45, 2.75) is 25.9 Å². The van der Waals surface area contributed by atoms with Crippen LogP contribution in [-0.4, -0.2) is 39.2 Å². The summed E-state index contributed by atoms with van der Waals surface area (Å²) >= 11 is 5.78.